The molecule has 6 heteroatoms. The number of aryl methyl sites for hydroxylation is 3. The van der Waals surface area contributed by atoms with Crippen LogP contribution in [0.25, 0.3) is 0 Å². The van der Waals surface area contributed by atoms with Gasteiger partial charge in [0.2, 0.25) is 5.91 Å². The number of carbonyl (C=O) groups is 2. The van der Waals surface area contributed by atoms with E-state index in [2.05, 4.69) is 44.0 Å². The van der Waals surface area contributed by atoms with Crippen molar-refractivity contribution >= 4 is 17.4 Å². The lowest BCUT2D eigenvalue weighted by Gasteiger charge is -2.37. The van der Waals surface area contributed by atoms with E-state index in [9.17, 15) is 9.59 Å². The average molecular weight is 609 g/mol. The highest BCUT2D eigenvalue weighted by Crippen LogP contribution is 2.24. The van der Waals surface area contributed by atoms with Gasteiger partial charge in [-0.2, -0.15) is 0 Å². The number of quaternary nitrogens is 1. The third-order valence-corrected chi connectivity index (χ3v) is 9.14. The molecule has 0 aromatic heterocycles. The van der Waals surface area contributed by atoms with Crippen molar-refractivity contribution in [2.24, 2.45) is 0 Å². The third-order valence-electron chi connectivity index (χ3n) is 9.14. The molecule has 1 atom stereocenters. The maximum atomic E-state index is 13.3. The lowest BCUT2D eigenvalue weighted by molar-refractivity contribution is -0.919. The summed E-state index contributed by atoms with van der Waals surface area (Å²) in [6.45, 7) is 19.0. The number of benzene rings is 2. The predicted molar refractivity (Wildman–Crippen MR) is 186 cm³/mol. The molecule has 0 saturated heterocycles. The molecule has 0 spiro atoms. The van der Waals surface area contributed by atoms with Crippen LogP contribution in [0.4, 0.5) is 5.69 Å². The molecule has 2 rings (SSSR count). The van der Waals surface area contributed by atoms with Gasteiger partial charge in [0.25, 0.3) is 0 Å². The molecule has 2 aromatic rings. The minimum absolute atomic E-state index is 0.0830. The van der Waals surface area contributed by atoms with Crippen LogP contribution in [0.3, 0.4) is 0 Å². The molecule has 0 aliphatic rings. The lowest BCUT2D eigenvalue weighted by atomic mass is 10.0. The van der Waals surface area contributed by atoms with Gasteiger partial charge in [0.05, 0.1) is 33.3 Å². The Labute approximate surface area is 269 Å². The van der Waals surface area contributed by atoms with Gasteiger partial charge in [-0.3, -0.25) is 14.5 Å². The first kappa shape index (κ1) is 37.5. The number of unbranched alkanes of at least 4 members (excludes halogenated alkanes) is 6. The number of hydrogen-bond acceptors (Lipinski definition) is 4. The van der Waals surface area contributed by atoms with Crippen LogP contribution in [0.2, 0.25) is 0 Å². The molecule has 6 nitrogen and oxygen atoms in total. The molecule has 1 N–H and O–H groups in total. The van der Waals surface area contributed by atoms with Crippen LogP contribution < -0.4 is 10.1 Å². The zero-order valence-corrected chi connectivity index (χ0v) is 29.1. The fourth-order valence-electron chi connectivity index (χ4n) is 6.43. The van der Waals surface area contributed by atoms with E-state index < -0.39 is 0 Å². The summed E-state index contributed by atoms with van der Waals surface area (Å²) in [7, 11) is 1.68. The standard InChI is InChI=1S/C38H61N3O3/c1-8-11-24-40(29-37(43)39-38-32(5)21-18-22-33(38)6)25-16-14-12-13-15-17-27-41(10-3,26-9-2)30-34(42)28-35-31(4)20-19-23-36(35)44-7/h18-23H,8-17,24-30H2,1-7H3/p+1. The van der Waals surface area contributed by atoms with Crippen molar-refractivity contribution in [3.8, 4) is 5.75 Å². The van der Waals surface area contributed by atoms with Crippen molar-refractivity contribution < 1.29 is 18.8 Å². The van der Waals surface area contributed by atoms with Crippen molar-refractivity contribution in [2.45, 2.75) is 106 Å². The van der Waals surface area contributed by atoms with Crippen LogP contribution >= 0.6 is 0 Å². The molecule has 0 aliphatic carbocycles. The van der Waals surface area contributed by atoms with Crippen LogP contribution in [0, 0.1) is 20.8 Å². The van der Waals surface area contributed by atoms with Gasteiger partial charge in [-0.25, -0.2) is 0 Å². The Balaban J connectivity index is 1.76. The summed E-state index contributed by atoms with van der Waals surface area (Å²) in [5.41, 5.74) is 5.32. The van der Waals surface area contributed by atoms with Crippen LogP contribution in [-0.2, 0) is 16.0 Å². The van der Waals surface area contributed by atoms with Crippen molar-refractivity contribution in [3.63, 3.8) is 0 Å². The van der Waals surface area contributed by atoms with E-state index in [-0.39, 0.29) is 5.91 Å². The highest BCUT2D eigenvalue weighted by atomic mass is 16.5. The van der Waals surface area contributed by atoms with Crippen molar-refractivity contribution in [2.75, 3.05) is 58.2 Å². The van der Waals surface area contributed by atoms with Gasteiger partial charge >= 0.3 is 0 Å². The Hall–Kier alpha value is -2.70. The predicted octanol–water partition coefficient (Wildman–Crippen LogP) is 8.06. The van der Waals surface area contributed by atoms with Crippen LogP contribution in [0.15, 0.2) is 36.4 Å². The second kappa shape index (κ2) is 20.4. The molecule has 1 amide bonds. The molecule has 0 bridgehead atoms. The van der Waals surface area contributed by atoms with E-state index in [1.807, 2.05) is 44.2 Å². The summed E-state index contributed by atoms with van der Waals surface area (Å²) < 4.78 is 6.44. The molecular weight excluding hydrogens is 546 g/mol. The number of nitrogens with zero attached hydrogens (tertiary/aromatic N) is 2. The monoisotopic (exact) mass is 608 g/mol. The van der Waals surface area contributed by atoms with E-state index in [4.69, 9.17) is 4.74 Å². The van der Waals surface area contributed by atoms with Crippen LogP contribution in [-0.4, -0.2) is 74.0 Å². The summed E-state index contributed by atoms with van der Waals surface area (Å²) in [4.78, 5) is 28.5. The number of ether oxygens (including phenoxy) is 1. The second-order valence-electron chi connectivity index (χ2n) is 12.8. The maximum absolute atomic E-state index is 13.3. The number of Topliss-reactive ketones (excluding diaryl/α,β-unsaturated/α-hetero) is 1. The molecule has 0 heterocycles. The minimum atomic E-state index is 0.0830. The molecule has 0 aliphatic heterocycles. The van der Waals surface area contributed by atoms with E-state index in [0.29, 0.717) is 25.3 Å². The first-order valence-corrected chi connectivity index (χ1v) is 17.3. The van der Waals surface area contributed by atoms with Gasteiger partial charge in [0, 0.05) is 17.7 Å². The number of rotatable bonds is 23. The van der Waals surface area contributed by atoms with E-state index in [1.54, 1.807) is 7.11 Å². The number of para-hydroxylation sites is 1. The number of amides is 1. The van der Waals surface area contributed by atoms with Crippen molar-refractivity contribution in [3.05, 3.63) is 58.7 Å². The summed E-state index contributed by atoms with van der Waals surface area (Å²) in [6, 6.07) is 12.1. The van der Waals surface area contributed by atoms with E-state index in [0.717, 1.165) is 103 Å². The Morgan fingerprint density at radius 2 is 1.39 bits per heavy atom. The van der Waals surface area contributed by atoms with Gasteiger partial charge in [-0.15, -0.1) is 0 Å². The number of nitrogens with one attached hydrogen (secondary N) is 1. The average Bonchev–Trinajstić information content (AvgIpc) is 3.00. The highest BCUT2D eigenvalue weighted by Gasteiger charge is 2.28. The van der Waals surface area contributed by atoms with Crippen LogP contribution in [0.5, 0.6) is 5.75 Å². The number of methoxy groups -OCH3 is 1. The van der Waals surface area contributed by atoms with E-state index in [1.165, 1.54) is 25.7 Å². The lowest BCUT2D eigenvalue weighted by Crippen LogP contribution is -2.52. The van der Waals surface area contributed by atoms with Crippen LogP contribution in [0.1, 0.15) is 101 Å². The molecule has 1 unspecified atom stereocenters. The quantitative estimate of drug-likeness (QED) is 0.102. The summed E-state index contributed by atoms with van der Waals surface area (Å²) in [5.74, 6) is 1.21. The Kier molecular flexibility index (Phi) is 17.3. The third kappa shape index (κ3) is 12.7. The molecular formula is C38H62N3O3+. The normalized spacial score (nSPS) is 12.7. The summed E-state index contributed by atoms with van der Waals surface area (Å²) >= 11 is 0. The summed E-state index contributed by atoms with van der Waals surface area (Å²) in [6.07, 6.45) is 10.9. The molecule has 44 heavy (non-hydrogen) atoms. The molecule has 0 radical (unpaired) electrons. The number of likely N-dealkylation sites (N-methyl/N-ethyl adjacent to an activating group) is 1. The maximum Gasteiger partial charge on any atom is 0.238 e. The largest absolute Gasteiger partial charge is 0.496 e. The highest BCUT2D eigenvalue weighted by molar-refractivity contribution is 5.93. The first-order chi connectivity index (χ1) is 21.2. The minimum Gasteiger partial charge on any atom is -0.496 e. The Morgan fingerprint density at radius 3 is 2.02 bits per heavy atom. The second-order valence-corrected chi connectivity index (χ2v) is 12.8. The fraction of sp³-hybridized carbons (Fsp3) is 0.632. The number of carbonyl (C=O) groups excluding carboxylic acids is 2. The summed E-state index contributed by atoms with van der Waals surface area (Å²) in [5, 5.41) is 3.16. The molecule has 2 aromatic carbocycles. The Morgan fingerprint density at radius 1 is 0.773 bits per heavy atom. The zero-order chi connectivity index (χ0) is 32.4. The molecule has 246 valence electrons. The molecule has 0 saturated carbocycles. The fourth-order valence-corrected chi connectivity index (χ4v) is 6.43. The molecule has 0 fully saturated rings. The zero-order valence-electron chi connectivity index (χ0n) is 29.1. The first-order valence-electron chi connectivity index (χ1n) is 17.3. The van der Waals surface area contributed by atoms with Gasteiger partial charge in [-0.1, -0.05) is 69.9 Å². The number of anilines is 1. The van der Waals surface area contributed by atoms with Gasteiger partial charge in [0.1, 0.15) is 12.3 Å². The van der Waals surface area contributed by atoms with Gasteiger partial charge in [0.15, 0.2) is 5.78 Å². The Bertz CT molecular complexity index is 1130. The van der Waals surface area contributed by atoms with Crippen molar-refractivity contribution in [1.82, 2.24) is 4.90 Å². The SMILES string of the molecule is CCCCN(CCCCCCCC[N+](CC)(CCC)CC(=O)Cc1c(C)cccc1OC)CC(=O)Nc1c(C)cccc1C. The van der Waals surface area contributed by atoms with Gasteiger partial charge in [-0.05, 0) is 95.6 Å². The number of ketones is 1. The van der Waals surface area contributed by atoms with Gasteiger partial charge < -0.3 is 14.5 Å². The van der Waals surface area contributed by atoms with Crippen molar-refractivity contribution in [1.29, 1.82) is 0 Å². The number of hydrogen-bond donors (Lipinski definition) is 1. The smallest absolute Gasteiger partial charge is 0.238 e. The topological polar surface area (TPSA) is 58.6 Å². The van der Waals surface area contributed by atoms with E-state index >= 15 is 0 Å².